The van der Waals surface area contributed by atoms with Gasteiger partial charge in [-0.3, -0.25) is 0 Å². The molecule has 0 saturated carbocycles. The number of rotatable bonds is 1. The average molecular weight is 309 g/mol. The number of hydrogen-bond acceptors (Lipinski definition) is 2. The second kappa shape index (κ2) is 4.51. The van der Waals surface area contributed by atoms with Gasteiger partial charge in [0.15, 0.2) is 0 Å². The number of carbonyl (C=O) groups is 1. The summed E-state index contributed by atoms with van der Waals surface area (Å²) in [6.45, 7) is 5.59. The Balaban J connectivity index is 2.38. The highest BCUT2D eigenvalue weighted by Gasteiger charge is 2.22. The molecule has 0 aliphatic heterocycles. The van der Waals surface area contributed by atoms with E-state index < -0.39 is 5.60 Å². The molecule has 1 amide bonds. The first-order chi connectivity index (χ1) is 6.38. The highest BCUT2D eigenvalue weighted by molar-refractivity contribution is 14.1. The van der Waals surface area contributed by atoms with Crippen LogP contribution in [0.2, 0.25) is 0 Å². The Bertz CT molecular complexity index is 255. The third-order valence-corrected chi connectivity index (χ3v) is 3.01. The van der Waals surface area contributed by atoms with Crippen LogP contribution in [0.3, 0.4) is 0 Å². The van der Waals surface area contributed by atoms with Gasteiger partial charge in [-0.15, -0.1) is 0 Å². The van der Waals surface area contributed by atoms with Crippen LogP contribution in [0.5, 0.6) is 0 Å². The average Bonchev–Trinajstić information content (AvgIpc) is 2.32. The Labute approximate surface area is 98.4 Å². The molecule has 0 fully saturated rings. The number of nitrogens with one attached hydrogen (secondary N) is 1. The lowest BCUT2D eigenvalue weighted by atomic mass is 10.2. The monoisotopic (exact) mass is 309 g/mol. The van der Waals surface area contributed by atoms with E-state index in [2.05, 4.69) is 34.0 Å². The van der Waals surface area contributed by atoms with Crippen molar-refractivity contribution in [3.05, 3.63) is 9.66 Å². The summed E-state index contributed by atoms with van der Waals surface area (Å²) in [5.74, 6) is 0. The molecule has 0 aromatic heterocycles. The van der Waals surface area contributed by atoms with Crippen molar-refractivity contribution < 1.29 is 9.53 Å². The molecule has 0 spiro atoms. The minimum atomic E-state index is -0.419. The number of allylic oxidation sites excluding steroid dienone is 1. The van der Waals surface area contributed by atoms with Gasteiger partial charge in [-0.05, 0) is 56.2 Å². The summed E-state index contributed by atoms with van der Waals surface area (Å²) in [6.07, 6.45) is 3.84. The first-order valence-corrected chi connectivity index (χ1v) is 5.81. The smallest absolute Gasteiger partial charge is 0.408 e. The van der Waals surface area contributed by atoms with E-state index in [4.69, 9.17) is 4.74 Å². The van der Waals surface area contributed by atoms with Gasteiger partial charge in [0, 0.05) is 3.58 Å². The largest absolute Gasteiger partial charge is 0.444 e. The SMILES string of the molecule is CC(C)(C)OC(=O)NC1CCC=C1I. The van der Waals surface area contributed by atoms with Gasteiger partial charge >= 0.3 is 6.09 Å². The number of carbonyl (C=O) groups excluding carboxylic acids is 1. The van der Waals surface area contributed by atoms with Crippen LogP contribution in [0.25, 0.3) is 0 Å². The van der Waals surface area contributed by atoms with E-state index in [-0.39, 0.29) is 12.1 Å². The van der Waals surface area contributed by atoms with Crippen LogP contribution < -0.4 is 5.32 Å². The summed E-state index contributed by atoms with van der Waals surface area (Å²) in [7, 11) is 0. The Hall–Kier alpha value is -0.260. The van der Waals surface area contributed by atoms with Crippen molar-refractivity contribution in [1.29, 1.82) is 0 Å². The van der Waals surface area contributed by atoms with Crippen LogP contribution in [0.15, 0.2) is 9.66 Å². The van der Waals surface area contributed by atoms with Gasteiger partial charge in [-0.25, -0.2) is 4.79 Å². The van der Waals surface area contributed by atoms with Gasteiger partial charge in [0.05, 0.1) is 6.04 Å². The molecule has 1 atom stereocenters. The van der Waals surface area contributed by atoms with Gasteiger partial charge in [0.2, 0.25) is 0 Å². The summed E-state index contributed by atoms with van der Waals surface area (Å²) in [5, 5.41) is 2.85. The number of ether oxygens (including phenoxy) is 1. The molecule has 0 aromatic rings. The predicted octanol–water partition coefficient (Wildman–Crippen LogP) is 2.99. The van der Waals surface area contributed by atoms with Crippen molar-refractivity contribution in [3.63, 3.8) is 0 Å². The molecule has 1 unspecified atom stereocenters. The van der Waals surface area contributed by atoms with Crippen molar-refractivity contribution in [1.82, 2.24) is 5.32 Å². The molecule has 3 nitrogen and oxygen atoms in total. The van der Waals surface area contributed by atoms with Crippen molar-refractivity contribution in [2.24, 2.45) is 0 Å². The van der Waals surface area contributed by atoms with E-state index in [0.29, 0.717) is 0 Å². The summed E-state index contributed by atoms with van der Waals surface area (Å²) in [5.41, 5.74) is -0.419. The lowest BCUT2D eigenvalue weighted by molar-refractivity contribution is 0.0514. The molecule has 0 aromatic carbocycles. The van der Waals surface area contributed by atoms with Crippen LogP contribution in [-0.2, 0) is 4.74 Å². The molecule has 14 heavy (non-hydrogen) atoms. The van der Waals surface area contributed by atoms with Crippen LogP contribution in [0.1, 0.15) is 33.6 Å². The van der Waals surface area contributed by atoms with Crippen molar-refractivity contribution in [2.75, 3.05) is 0 Å². The zero-order valence-corrected chi connectivity index (χ0v) is 10.9. The number of alkyl carbamates (subject to hydrolysis) is 1. The molecular weight excluding hydrogens is 293 g/mol. The number of amides is 1. The van der Waals surface area contributed by atoms with Crippen LogP contribution >= 0.6 is 22.6 Å². The normalized spacial score (nSPS) is 21.7. The Morgan fingerprint density at radius 1 is 1.64 bits per heavy atom. The highest BCUT2D eigenvalue weighted by Crippen LogP contribution is 2.24. The summed E-state index contributed by atoms with van der Waals surface area (Å²) in [6, 6.07) is 0.158. The maximum absolute atomic E-state index is 11.4. The first-order valence-electron chi connectivity index (χ1n) is 4.73. The van der Waals surface area contributed by atoms with Crippen LogP contribution in [-0.4, -0.2) is 17.7 Å². The topological polar surface area (TPSA) is 38.3 Å². The predicted molar refractivity (Wildman–Crippen MR) is 64.5 cm³/mol. The molecule has 1 N–H and O–H groups in total. The molecule has 1 aliphatic carbocycles. The zero-order valence-electron chi connectivity index (χ0n) is 8.76. The fourth-order valence-electron chi connectivity index (χ4n) is 1.26. The lowest BCUT2D eigenvalue weighted by Gasteiger charge is -2.21. The van der Waals surface area contributed by atoms with Crippen LogP contribution in [0.4, 0.5) is 4.79 Å². The fourth-order valence-corrected chi connectivity index (χ4v) is 2.04. The van der Waals surface area contributed by atoms with Gasteiger partial charge in [0.1, 0.15) is 5.60 Å². The second-order valence-corrected chi connectivity index (χ2v) is 5.61. The maximum atomic E-state index is 11.4. The zero-order chi connectivity index (χ0) is 10.8. The van der Waals surface area contributed by atoms with Crippen molar-refractivity contribution in [2.45, 2.75) is 45.3 Å². The quantitative estimate of drug-likeness (QED) is 0.756. The van der Waals surface area contributed by atoms with Gasteiger partial charge in [-0.1, -0.05) is 6.08 Å². The number of hydrogen-bond donors (Lipinski definition) is 1. The Kier molecular flexibility index (Phi) is 3.80. The maximum Gasteiger partial charge on any atom is 0.408 e. The molecule has 80 valence electrons. The van der Waals surface area contributed by atoms with Crippen LogP contribution in [0, 0.1) is 0 Å². The molecule has 1 rings (SSSR count). The van der Waals surface area contributed by atoms with E-state index >= 15 is 0 Å². The summed E-state index contributed by atoms with van der Waals surface area (Å²) >= 11 is 2.26. The van der Waals surface area contributed by atoms with Crippen molar-refractivity contribution >= 4 is 28.7 Å². The third kappa shape index (κ3) is 3.86. The van der Waals surface area contributed by atoms with E-state index in [0.717, 1.165) is 12.8 Å². The second-order valence-electron chi connectivity index (χ2n) is 4.37. The van der Waals surface area contributed by atoms with Gasteiger partial charge in [-0.2, -0.15) is 0 Å². The van der Waals surface area contributed by atoms with Gasteiger partial charge < -0.3 is 10.1 Å². The van der Waals surface area contributed by atoms with E-state index in [9.17, 15) is 4.79 Å². The molecule has 4 heteroatoms. The van der Waals surface area contributed by atoms with Crippen molar-refractivity contribution in [3.8, 4) is 0 Å². The van der Waals surface area contributed by atoms with E-state index in [1.54, 1.807) is 0 Å². The van der Waals surface area contributed by atoms with Gasteiger partial charge in [0.25, 0.3) is 0 Å². The Morgan fingerprint density at radius 3 is 2.71 bits per heavy atom. The lowest BCUT2D eigenvalue weighted by Crippen LogP contribution is -2.38. The molecule has 1 aliphatic rings. The molecule has 0 heterocycles. The third-order valence-electron chi connectivity index (χ3n) is 1.82. The minimum absolute atomic E-state index is 0.158. The number of halogens is 1. The summed E-state index contributed by atoms with van der Waals surface area (Å²) in [4.78, 5) is 11.4. The minimum Gasteiger partial charge on any atom is -0.444 e. The fraction of sp³-hybridized carbons (Fsp3) is 0.700. The van der Waals surface area contributed by atoms with E-state index in [1.165, 1.54) is 3.58 Å². The Morgan fingerprint density at radius 2 is 2.29 bits per heavy atom. The standard InChI is InChI=1S/C10H16INO2/c1-10(2,3)14-9(13)12-8-6-4-5-7(8)11/h5,8H,4,6H2,1-3H3,(H,12,13). The highest BCUT2D eigenvalue weighted by atomic mass is 127. The first kappa shape index (κ1) is 11.8. The molecule has 0 saturated heterocycles. The molecule has 0 bridgehead atoms. The molecule has 0 radical (unpaired) electrons. The molecular formula is C10H16INO2. The van der Waals surface area contributed by atoms with E-state index in [1.807, 2.05) is 20.8 Å². The summed E-state index contributed by atoms with van der Waals surface area (Å²) < 4.78 is 6.37.